The largest absolute Gasteiger partial charge is 0.384 e. The van der Waals surface area contributed by atoms with E-state index >= 15 is 0 Å². The fourth-order valence-electron chi connectivity index (χ4n) is 2.87. The summed E-state index contributed by atoms with van der Waals surface area (Å²) in [6.45, 7) is 3.72. The molecule has 0 fully saturated rings. The highest BCUT2D eigenvalue weighted by Crippen LogP contribution is 2.19. The number of nitrogen functional groups attached to an aromatic ring is 1. The summed E-state index contributed by atoms with van der Waals surface area (Å²) in [5, 5.41) is 13.2. The van der Waals surface area contributed by atoms with Crippen LogP contribution in [0.15, 0.2) is 35.5 Å². The fourth-order valence-corrected chi connectivity index (χ4v) is 2.87. The molecular formula is C20H20N6O3. The van der Waals surface area contributed by atoms with Crippen LogP contribution in [0.3, 0.4) is 0 Å². The number of anilines is 1. The fraction of sp³-hybridized carbons (Fsp3) is 0.250. The summed E-state index contributed by atoms with van der Waals surface area (Å²) >= 11 is 0. The van der Waals surface area contributed by atoms with Crippen LogP contribution >= 0.6 is 0 Å². The predicted molar refractivity (Wildman–Crippen MR) is 108 cm³/mol. The van der Waals surface area contributed by atoms with Crippen molar-refractivity contribution in [3.05, 3.63) is 57.9 Å². The van der Waals surface area contributed by atoms with Gasteiger partial charge in [0.25, 0.3) is 5.91 Å². The highest BCUT2D eigenvalue weighted by molar-refractivity contribution is 6.01. The highest BCUT2D eigenvalue weighted by Gasteiger charge is 2.22. The second kappa shape index (κ2) is 7.69. The van der Waals surface area contributed by atoms with Crippen LogP contribution < -0.4 is 16.5 Å². The van der Waals surface area contributed by atoms with Crippen molar-refractivity contribution < 1.29 is 9.90 Å². The summed E-state index contributed by atoms with van der Waals surface area (Å²) in [4.78, 5) is 37.3. The molecule has 0 bridgehead atoms. The van der Waals surface area contributed by atoms with Gasteiger partial charge in [-0.05, 0) is 31.9 Å². The number of rotatable bonds is 3. The van der Waals surface area contributed by atoms with E-state index in [1.165, 1.54) is 32.6 Å². The number of aryl methyl sites for hydroxylation is 1. The Labute approximate surface area is 166 Å². The van der Waals surface area contributed by atoms with Crippen molar-refractivity contribution in [1.82, 2.24) is 24.8 Å². The van der Waals surface area contributed by atoms with Crippen LogP contribution in [-0.4, -0.2) is 37.6 Å². The van der Waals surface area contributed by atoms with Crippen LogP contribution in [-0.2, 0) is 12.1 Å². The van der Waals surface area contributed by atoms with Crippen molar-refractivity contribution in [2.75, 3.05) is 12.8 Å². The van der Waals surface area contributed by atoms with Gasteiger partial charge in [-0.25, -0.2) is 4.98 Å². The smallest absolute Gasteiger partial charge is 0.258 e. The van der Waals surface area contributed by atoms with E-state index < -0.39 is 16.9 Å². The molecule has 4 N–H and O–H groups in total. The van der Waals surface area contributed by atoms with Gasteiger partial charge in [-0.15, -0.1) is 0 Å². The number of hydrogen-bond acceptors (Lipinski definition) is 7. The second-order valence-corrected chi connectivity index (χ2v) is 6.39. The molecule has 1 amide bonds. The molecule has 0 aliphatic rings. The zero-order valence-corrected chi connectivity index (χ0v) is 16.2. The Morgan fingerprint density at radius 2 is 2.14 bits per heavy atom. The first-order valence-electron chi connectivity index (χ1n) is 8.87. The average molecular weight is 392 g/mol. The number of carbonyl (C=O) groups excluding carboxylic acids is 1. The Bertz CT molecular complexity index is 1210. The predicted octanol–water partition coefficient (Wildman–Crippen LogP) is 0.407. The molecule has 9 nitrogen and oxygen atoms in total. The molecule has 0 radical (unpaired) electrons. The average Bonchev–Trinajstić information content (AvgIpc) is 2.73. The van der Waals surface area contributed by atoms with E-state index in [-0.39, 0.29) is 16.8 Å². The van der Waals surface area contributed by atoms with Gasteiger partial charge in [0.1, 0.15) is 28.4 Å². The Kier molecular flexibility index (Phi) is 5.30. The molecule has 148 valence electrons. The molecule has 0 saturated heterocycles. The summed E-state index contributed by atoms with van der Waals surface area (Å²) in [6, 6.07) is 3.09. The number of hydrogen-bond donors (Lipinski definition) is 3. The molecule has 0 aliphatic heterocycles. The lowest BCUT2D eigenvalue weighted by molar-refractivity contribution is 0.0962. The molecule has 3 heterocycles. The molecule has 29 heavy (non-hydrogen) atoms. The van der Waals surface area contributed by atoms with Crippen molar-refractivity contribution in [1.29, 1.82) is 0 Å². The molecule has 1 atom stereocenters. The summed E-state index contributed by atoms with van der Waals surface area (Å²) < 4.78 is 1.58. The van der Waals surface area contributed by atoms with Crippen LogP contribution in [0, 0.1) is 11.8 Å². The van der Waals surface area contributed by atoms with E-state index in [1.54, 1.807) is 16.7 Å². The van der Waals surface area contributed by atoms with Crippen molar-refractivity contribution in [2.24, 2.45) is 0 Å². The van der Waals surface area contributed by atoms with E-state index in [4.69, 9.17) is 5.73 Å². The monoisotopic (exact) mass is 392 g/mol. The molecule has 0 spiro atoms. The van der Waals surface area contributed by atoms with Crippen molar-refractivity contribution in [3.8, 4) is 11.8 Å². The molecule has 9 heteroatoms. The van der Waals surface area contributed by atoms with Gasteiger partial charge in [-0.2, -0.15) is 0 Å². The quantitative estimate of drug-likeness (QED) is 0.549. The van der Waals surface area contributed by atoms with E-state index in [0.717, 1.165) is 0 Å². The lowest BCUT2D eigenvalue weighted by atomic mass is 10.0. The van der Waals surface area contributed by atoms with Gasteiger partial charge in [0.2, 0.25) is 5.43 Å². The Balaban J connectivity index is 2.15. The number of carbonyl (C=O) groups is 1. The SMILES string of the molecule is CCn1c(N)c(C(=O)NC)c(=O)c2ccc(C#CC(C)(O)c3cnccn3)nc21. The first-order chi connectivity index (χ1) is 13.8. The van der Waals surface area contributed by atoms with Gasteiger partial charge in [-0.1, -0.05) is 5.92 Å². The van der Waals surface area contributed by atoms with Gasteiger partial charge in [0.15, 0.2) is 5.60 Å². The standard InChI is InChI=1S/C20H20N6O3/c1-4-26-17(21)15(19(28)22-3)16(27)13-6-5-12(25-18(13)26)7-8-20(2,29)14-11-23-9-10-24-14/h5-6,9-11,29H,4,21H2,1-3H3,(H,22,28). The number of fused-ring (bicyclic) bond motifs is 1. The minimum atomic E-state index is -1.53. The molecule has 0 aromatic carbocycles. The molecule has 1 unspecified atom stereocenters. The summed E-state index contributed by atoms with van der Waals surface area (Å²) in [6.07, 6.45) is 4.39. The van der Waals surface area contributed by atoms with Crippen LogP contribution in [0.5, 0.6) is 0 Å². The molecular weight excluding hydrogens is 372 g/mol. The van der Waals surface area contributed by atoms with Gasteiger partial charge < -0.3 is 20.7 Å². The summed E-state index contributed by atoms with van der Waals surface area (Å²) in [5.74, 6) is 5.00. The minimum Gasteiger partial charge on any atom is -0.384 e. The number of nitrogens with two attached hydrogens (primary N) is 1. The van der Waals surface area contributed by atoms with Crippen LogP contribution in [0.25, 0.3) is 11.0 Å². The van der Waals surface area contributed by atoms with Gasteiger partial charge >= 0.3 is 0 Å². The maximum atomic E-state index is 12.7. The topological polar surface area (TPSA) is 136 Å². The second-order valence-electron chi connectivity index (χ2n) is 6.39. The van der Waals surface area contributed by atoms with Crippen molar-refractivity contribution in [3.63, 3.8) is 0 Å². The third kappa shape index (κ3) is 3.66. The number of amides is 1. The highest BCUT2D eigenvalue weighted by atomic mass is 16.3. The zero-order valence-electron chi connectivity index (χ0n) is 16.2. The minimum absolute atomic E-state index is 0.0357. The van der Waals surface area contributed by atoms with Gasteiger partial charge in [0, 0.05) is 26.0 Å². The summed E-state index contributed by atoms with van der Waals surface area (Å²) in [5.41, 5.74) is 4.88. The van der Waals surface area contributed by atoms with E-state index in [2.05, 4.69) is 32.1 Å². The molecule has 3 rings (SSSR count). The molecule has 3 aromatic rings. The van der Waals surface area contributed by atoms with Crippen LogP contribution in [0.1, 0.15) is 35.6 Å². The molecule has 3 aromatic heterocycles. The Morgan fingerprint density at radius 1 is 1.38 bits per heavy atom. The number of aliphatic hydroxyl groups is 1. The lowest BCUT2D eigenvalue weighted by Crippen LogP contribution is -2.30. The van der Waals surface area contributed by atoms with Gasteiger partial charge in [0.05, 0.1) is 11.6 Å². The van der Waals surface area contributed by atoms with E-state index in [9.17, 15) is 14.7 Å². The number of nitrogens with one attached hydrogen (secondary N) is 1. The van der Waals surface area contributed by atoms with Crippen LogP contribution in [0.4, 0.5) is 5.82 Å². The van der Waals surface area contributed by atoms with E-state index in [0.29, 0.717) is 23.6 Å². The number of nitrogens with zero attached hydrogens (tertiary/aromatic N) is 4. The zero-order chi connectivity index (χ0) is 21.2. The first kappa shape index (κ1) is 20.0. The van der Waals surface area contributed by atoms with Crippen molar-refractivity contribution >= 4 is 22.8 Å². The molecule has 0 aliphatic carbocycles. The van der Waals surface area contributed by atoms with E-state index in [1.807, 2.05) is 6.92 Å². The maximum absolute atomic E-state index is 12.7. The normalized spacial score (nSPS) is 12.7. The maximum Gasteiger partial charge on any atom is 0.258 e. The third-order valence-electron chi connectivity index (χ3n) is 4.42. The number of aromatic nitrogens is 4. The van der Waals surface area contributed by atoms with Gasteiger partial charge in [-0.3, -0.25) is 19.6 Å². The molecule has 0 saturated carbocycles. The Morgan fingerprint density at radius 3 is 2.76 bits per heavy atom. The Hall–Kier alpha value is -3.77. The van der Waals surface area contributed by atoms with Crippen molar-refractivity contribution in [2.45, 2.75) is 26.0 Å². The lowest BCUT2D eigenvalue weighted by Gasteiger charge is -2.15. The third-order valence-corrected chi connectivity index (χ3v) is 4.42. The number of pyridine rings is 2. The summed E-state index contributed by atoms with van der Waals surface area (Å²) in [7, 11) is 1.43. The van der Waals surface area contributed by atoms with Crippen LogP contribution in [0.2, 0.25) is 0 Å². The first-order valence-corrected chi connectivity index (χ1v) is 8.87.